The SMILES string of the molecule is CSCC[C@@H](O)C(=O)NCCc1nc(-c2cccnc2)n[nH]1. The first kappa shape index (κ1) is 16.4. The van der Waals surface area contributed by atoms with Crippen molar-refractivity contribution >= 4 is 17.7 Å². The molecule has 2 heterocycles. The number of carbonyl (C=O) groups excluding carboxylic acids is 1. The fourth-order valence-electron chi connectivity index (χ4n) is 1.81. The lowest BCUT2D eigenvalue weighted by Gasteiger charge is -2.09. The zero-order chi connectivity index (χ0) is 15.8. The summed E-state index contributed by atoms with van der Waals surface area (Å²) in [5, 5.41) is 19.3. The number of carbonyl (C=O) groups is 1. The highest BCUT2D eigenvalue weighted by atomic mass is 32.2. The van der Waals surface area contributed by atoms with Gasteiger partial charge in [0.05, 0.1) is 0 Å². The fourth-order valence-corrected chi connectivity index (χ4v) is 2.27. The molecule has 1 atom stereocenters. The van der Waals surface area contributed by atoms with Gasteiger partial charge in [-0.2, -0.15) is 16.9 Å². The van der Waals surface area contributed by atoms with E-state index in [4.69, 9.17) is 0 Å². The van der Waals surface area contributed by atoms with Gasteiger partial charge < -0.3 is 10.4 Å². The monoisotopic (exact) mass is 321 g/mol. The average Bonchev–Trinajstić information content (AvgIpc) is 3.02. The van der Waals surface area contributed by atoms with Crippen LogP contribution in [0, 0.1) is 0 Å². The van der Waals surface area contributed by atoms with Crippen LogP contribution in [0.4, 0.5) is 0 Å². The molecule has 0 saturated heterocycles. The Bertz CT molecular complexity index is 590. The molecule has 118 valence electrons. The minimum Gasteiger partial charge on any atom is -0.383 e. The number of nitrogens with one attached hydrogen (secondary N) is 2. The summed E-state index contributed by atoms with van der Waals surface area (Å²) in [7, 11) is 0. The Morgan fingerprint density at radius 1 is 1.55 bits per heavy atom. The molecule has 0 bridgehead atoms. The third-order valence-corrected chi connectivity index (χ3v) is 3.65. The molecule has 0 radical (unpaired) electrons. The average molecular weight is 321 g/mol. The quantitative estimate of drug-likeness (QED) is 0.659. The third-order valence-electron chi connectivity index (χ3n) is 3.01. The van der Waals surface area contributed by atoms with Gasteiger partial charge in [-0.1, -0.05) is 0 Å². The first-order valence-electron chi connectivity index (χ1n) is 6.97. The lowest BCUT2D eigenvalue weighted by molar-refractivity contribution is -0.129. The van der Waals surface area contributed by atoms with Crippen molar-refractivity contribution in [3.8, 4) is 11.4 Å². The van der Waals surface area contributed by atoms with Gasteiger partial charge in [-0.25, -0.2) is 4.98 Å². The third kappa shape index (κ3) is 4.81. The number of aliphatic hydroxyl groups is 1. The second-order valence-electron chi connectivity index (χ2n) is 4.69. The van der Waals surface area contributed by atoms with Crippen LogP contribution in [0.1, 0.15) is 12.2 Å². The zero-order valence-electron chi connectivity index (χ0n) is 12.3. The van der Waals surface area contributed by atoms with Gasteiger partial charge in [0.1, 0.15) is 11.9 Å². The summed E-state index contributed by atoms with van der Waals surface area (Å²) in [6, 6.07) is 3.70. The van der Waals surface area contributed by atoms with E-state index in [0.29, 0.717) is 31.0 Å². The molecular formula is C14H19N5O2S. The Hall–Kier alpha value is -1.93. The number of nitrogens with zero attached hydrogens (tertiary/aromatic N) is 3. The van der Waals surface area contributed by atoms with Gasteiger partial charge in [-0.3, -0.25) is 14.9 Å². The van der Waals surface area contributed by atoms with Crippen molar-refractivity contribution in [1.29, 1.82) is 0 Å². The Kier molecular flexibility index (Phi) is 6.35. The summed E-state index contributed by atoms with van der Waals surface area (Å²) < 4.78 is 0. The molecular weight excluding hydrogens is 302 g/mol. The molecule has 0 aromatic carbocycles. The number of thioether (sulfide) groups is 1. The Balaban J connectivity index is 1.78. The maximum Gasteiger partial charge on any atom is 0.248 e. The second kappa shape index (κ2) is 8.50. The first-order valence-corrected chi connectivity index (χ1v) is 8.36. The van der Waals surface area contributed by atoms with E-state index in [0.717, 1.165) is 11.3 Å². The molecule has 0 spiro atoms. The number of pyridine rings is 1. The highest BCUT2D eigenvalue weighted by Gasteiger charge is 2.14. The topological polar surface area (TPSA) is 104 Å². The van der Waals surface area contributed by atoms with E-state index in [9.17, 15) is 9.90 Å². The number of amides is 1. The highest BCUT2D eigenvalue weighted by Crippen LogP contribution is 2.11. The minimum absolute atomic E-state index is 0.346. The van der Waals surface area contributed by atoms with Gasteiger partial charge in [0, 0.05) is 30.9 Å². The number of aromatic amines is 1. The van der Waals surface area contributed by atoms with Crippen LogP contribution in [-0.4, -0.2) is 55.8 Å². The summed E-state index contributed by atoms with van der Waals surface area (Å²) in [5.74, 6) is 1.67. The second-order valence-corrected chi connectivity index (χ2v) is 5.67. The van der Waals surface area contributed by atoms with Crippen molar-refractivity contribution in [2.45, 2.75) is 18.9 Å². The van der Waals surface area contributed by atoms with Crippen LogP contribution < -0.4 is 5.32 Å². The number of aliphatic hydroxyl groups excluding tert-OH is 1. The predicted octanol–water partition coefficient (Wildman–Crippen LogP) is 0.639. The molecule has 1 amide bonds. The Morgan fingerprint density at radius 2 is 2.41 bits per heavy atom. The van der Waals surface area contributed by atoms with Crippen molar-refractivity contribution in [2.75, 3.05) is 18.6 Å². The molecule has 8 heteroatoms. The molecule has 3 N–H and O–H groups in total. The molecule has 2 aromatic rings. The van der Waals surface area contributed by atoms with Crippen molar-refractivity contribution in [3.63, 3.8) is 0 Å². The molecule has 2 aromatic heterocycles. The largest absolute Gasteiger partial charge is 0.383 e. The van der Waals surface area contributed by atoms with Gasteiger partial charge in [-0.05, 0) is 30.6 Å². The number of hydrogen-bond acceptors (Lipinski definition) is 6. The summed E-state index contributed by atoms with van der Waals surface area (Å²) in [6.07, 6.45) is 5.35. The molecule has 0 saturated carbocycles. The standard InChI is InChI=1S/C14H19N5O2S/c1-22-8-5-11(20)14(21)16-7-4-12-17-13(19-18-12)10-3-2-6-15-9-10/h2-3,6,9,11,20H,4-5,7-8H2,1H3,(H,16,21)(H,17,18,19)/t11-/m1/s1. The zero-order valence-corrected chi connectivity index (χ0v) is 13.1. The lowest BCUT2D eigenvalue weighted by Crippen LogP contribution is -2.36. The van der Waals surface area contributed by atoms with Crippen LogP contribution in [-0.2, 0) is 11.2 Å². The van der Waals surface area contributed by atoms with Gasteiger partial charge in [0.15, 0.2) is 5.82 Å². The van der Waals surface area contributed by atoms with Crippen LogP contribution in [0.2, 0.25) is 0 Å². The van der Waals surface area contributed by atoms with E-state index in [2.05, 4.69) is 25.5 Å². The number of rotatable bonds is 8. The van der Waals surface area contributed by atoms with E-state index in [-0.39, 0.29) is 5.91 Å². The van der Waals surface area contributed by atoms with E-state index >= 15 is 0 Å². The van der Waals surface area contributed by atoms with Crippen LogP contribution in [0.3, 0.4) is 0 Å². The van der Waals surface area contributed by atoms with Gasteiger partial charge in [-0.15, -0.1) is 0 Å². The van der Waals surface area contributed by atoms with E-state index in [1.807, 2.05) is 18.4 Å². The van der Waals surface area contributed by atoms with Crippen LogP contribution in [0.5, 0.6) is 0 Å². The number of aromatic nitrogens is 4. The molecule has 0 aliphatic rings. The van der Waals surface area contributed by atoms with Crippen molar-refractivity contribution < 1.29 is 9.90 Å². The summed E-state index contributed by atoms with van der Waals surface area (Å²) in [5.41, 5.74) is 0.835. The van der Waals surface area contributed by atoms with Crippen molar-refractivity contribution in [3.05, 3.63) is 30.4 Å². The van der Waals surface area contributed by atoms with Crippen LogP contribution >= 0.6 is 11.8 Å². The van der Waals surface area contributed by atoms with Crippen LogP contribution in [0.25, 0.3) is 11.4 Å². The first-order chi connectivity index (χ1) is 10.7. The molecule has 0 aliphatic heterocycles. The van der Waals surface area contributed by atoms with Gasteiger partial charge in [0.2, 0.25) is 5.91 Å². The predicted molar refractivity (Wildman–Crippen MR) is 85.3 cm³/mol. The molecule has 0 aliphatic carbocycles. The highest BCUT2D eigenvalue weighted by molar-refractivity contribution is 7.98. The smallest absolute Gasteiger partial charge is 0.248 e. The molecule has 22 heavy (non-hydrogen) atoms. The fraction of sp³-hybridized carbons (Fsp3) is 0.429. The molecule has 2 rings (SSSR count). The van der Waals surface area contributed by atoms with E-state index in [1.165, 1.54) is 0 Å². The Morgan fingerprint density at radius 3 is 3.14 bits per heavy atom. The van der Waals surface area contributed by atoms with Crippen LogP contribution in [0.15, 0.2) is 24.5 Å². The number of H-pyrrole nitrogens is 1. The van der Waals surface area contributed by atoms with Crippen molar-refractivity contribution in [2.24, 2.45) is 0 Å². The minimum atomic E-state index is -0.951. The van der Waals surface area contributed by atoms with Gasteiger partial charge >= 0.3 is 0 Å². The number of hydrogen-bond donors (Lipinski definition) is 3. The maximum absolute atomic E-state index is 11.6. The molecule has 0 unspecified atom stereocenters. The van der Waals surface area contributed by atoms with E-state index < -0.39 is 6.10 Å². The van der Waals surface area contributed by atoms with Gasteiger partial charge in [0.25, 0.3) is 0 Å². The van der Waals surface area contributed by atoms with E-state index in [1.54, 1.807) is 24.2 Å². The normalized spacial score (nSPS) is 12.1. The molecule has 0 fully saturated rings. The maximum atomic E-state index is 11.6. The summed E-state index contributed by atoms with van der Waals surface area (Å²) in [4.78, 5) is 20.0. The summed E-state index contributed by atoms with van der Waals surface area (Å²) >= 11 is 1.60. The lowest BCUT2D eigenvalue weighted by atomic mass is 10.2. The van der Waals surface area contributed by atoms with Crippen molar-refractivity contribution in [1.82, 2.24) is 25.5 Å². The summed E-state index contributed by atoms with van der Waals surface area (Å²) in [6.45, 7) is 0.400. The Labute approximate surface area is 133 Å². The molecule has 7 nitrogen and oxygen atoms in total.